The summed E-state index contributed by atoms with van der Waals surface area (Å²) in [7, 11) is 5.56. The zero-order valence-corrected chi connectivity index (χ0v) is 19.0. The molecule has 32 heavy (non-hydrogen) atoms. The van der Waals surface area contributed by atoms with Gasteiger partial charge >= 0.3 is 0 Å². The van der Waals surface area contributed by atoms with Crippen molar-refractivity contribution < 1.29 is 9.84 Å². The summed E-state index contributed by atoms with van der Waals surface area (Å²) in [6.45, 7) is 4.92. The molecule has 1 aliphatic heterocycles. The molecule has 1 aromatic carbocycles. The minimum Gasteiger partial charge on any atom is -0.497 e. The van der Waals surface area contributed by atoms with E-state index in [2.05, 4.69) is 27.7 Å². The highest BCUT2D eigenvalue weighted by molar-refractivity contribution is 5.94. The van der Waals surface area contributed by atoms with Crippen LogP contribution in [0.1, 0.15) is 0 Å². The van der Waals surface area contributed by atoms with Gasteiger partial charge in [-0.15, -0.1) is 0 Å². The lowest BCUT2D eigenvalue weighted by Crippen LogP contribution is -2.43. The fourth-order valence-electron chi connectivity index (χ4n) is 3.96. The first kappa shape index (κ1) is 22.3. The van der Waals surface area contributed by atoms with Crippen LogP contribution in [0.3, 0.4) is 0 Å². The van der Waals surface area contributed by atoms with E-state index < -0.39 is 6.10 Å². The lowest BCUT2D eigenvalue weighted by atomic mass is 10.1. The van der Waals surface area contributed by atoms with Gasteiger partial charge in [-0.05, 0) is 44.4 Å². The topological polar surface area (TPSA) is 85.8 Å². The van der Waals surface area contributed by atoms with Gasteiger partial charge in [0.05, 0.1) is 24.4 Å². The molecule has 1 fully saturated rings. The Kier molecular flexibility index (Phi) is 7.04. The van der Waals surface area contributed by atoms with E-state index in [4.69, 9.17) is 14.7 Å². The molecule has 1 saturated heterocycles. The number of methoxy groups -OCH3 is 1. The zero-order valence-electron chi connectivity index (χ0n) is 19.0. The summed E-state index contributed by atoms with van der Waals surface area (Å²) in [5, 5.41) is 18.1. The van der Waals surface area contributed by atoms with Crippen molar-refractivity contribution in [3.05, 3.63) is 42.6 Å². The van der Waals surface area contributed by atoms with Gasteiger partial charge in [0.25, 0.3) is 0 Å². The number of pyridine rings is 2. The smallest absolute Gasteiger partial charge is 0.128 e. The summed E-state index contributed by atoms with van der Waals surface area (Å²) in [6, 6.07) is 12.0. The zero-order chi connectivity index (χ0) is 22.5. The maximum Gasteiger partial charge on any atom is 0.128 e. The number of aromatic nitrogens is 2. The Bertz CT molecular complexity index is 1030. The highest BCUT2D eigenvalue weighted by Crippen LogP contribution is 2.31. The Balaban J connectivity index is 1.64. The van der Waals surface area contributed by atoms with E-state index in [1.807, 2.05) is 49.5 Å². The van der Waals surface area contributed by atoms with Gasteiger partial charge < -0.3 is 30.3 Å². The molecule has 0 radical (unpaired) electrons. The molecule has 4 rings (SSSR count). The minimum atomic E-state index is -0.477. The number of nitrogens with zero attached hydrogens (tertiary/aromatic N) is 4. The van der Waals surface area contributed by atoms with Crippen molar-refractivity contribution in [2.24, 2.45) is 0 Å². The van der Waals surface area contributed by atoms with Crippen LogP contribution in [0.2, 0.25) is 0 Å². The van der Waals surface area contributed by atoms with Crippen LogP contribution in [0.4, 0.5) is 11.5 Å². The first-order valence-electron chi connectivity index (χ1n) is 11.0. The van der Waals surface area contributed by atoms with Crippen LogP contribution >= 0.6 is 0 Å². The number of hydrogen-bond acceptors (Lipinski definition) is 8. The molecule has 0 spiro atoms. The fourth-order valence-corrected chi connectivity index (χ4v) is 3.96. The predicted molar refractivity (Wildman–Crippen MR) is 130 cm³/mol. The number of benzene rings is 1. The molecule has 3 aromatic rings. The van der Waals surface area contributed by atoms with Crippen LogP contribution in [0.25, 0.3) is 22.2 Å². The highest BCUT2D eigenvalue weighted by atomic mass is 16.5. The molecule has 0 aliphatic carbocycles. The molecule has 2 aromatic heterocycles. The molecular weight excluding hydrogens is 404 g/mol. The third kappa shape index (κ3) is 5.27. The molecule has 1 atom stereocenters. The average Bonchev–Trinajstić information content (AvgIpc) is 2.82. The molecule has 1 unspecified atom stereocenters. The number of likely N-dealkylation sites (N-methyl/N-ethyl adjacent to an activating group) is 1. The largest absolute Gasteiger partial charge is 0.497 e. The Labute approximate surface area is 189 Å². The van der Waals surface area contributed by atoms with Crippen molar-refractivity contribution >= 4 is 22.4 Å². The van der Waals surface area contributed by atoms with Gasteiger partial charge in [-0.2, -0.15) is 0 Å². The number of aliphatic hydroxyl groups is 1. The van der Waals surface area contributed by atoms with Crippen LogP contribution in [-0.4, -0.2) is 86.6 Å². The Morgan fingerprint density at radius 3 is 2.69 bits per heavy atom. The molecule has 1 aliphatic rings. The van der Waals surface area contributed by atoms with Gasteiger partial charge in [0, 0.05) is 68.2 Å². The summed E-state index contributed by atoms with van der Waals surface area (Å²) < 4.78 is 5.40. The van der Waals surface area contributed by atoms with Crippen LogP contribution in [-0.2, 0) is 0 Å². The number of nitrogens with one attached hydrogen (secondary N) is 2. The number of hydrogen-bond donors (Lipinski definition) is 3. The number of anilines is 2. The van der Waals surface area contributed by atoms with E-state index in [1.165, 1.54) is 0 Å². The molecule has 0 saturated carbocycles. The Hall–Kier alpha value is -2.94. The molecular formula is C24H32N6O2. The van der Waals surface area contributed by atoms with Gasteiger partial charge in [0.1, 0.15) is 11.6 Å². The van der Waals surface area contributed by atoms with Crippen molar-refractivity contribution in [2.45, 2.75) is 6.10 Å². The maximum atomic E-state index is 10.3. The molecule has 8 heteroatoms. The first-order valence-corrected chi connectivity index (χ1v) is 11.0. The van der Waals surface area contributed by atoms with E-state index in [0.29, 0.717) is 13.1 Å². The molecule has 3 heterocycles. The van der Waals surface area contributed by atoms with Crippen LogP contribution in [0, 0.1) is 0 Å². The standard InChI is InChI=1S/C24H32N6O2/c1-29(2)16-18(31)15-26-22-13-21(28-23-12-19(32-3)5-6-20(22)23)17-4-7-24(27-14-17)30-10-8-25-9-11-30/h4-7,12-14,18,25,31H,8-11,15-16H2,1-3H3,(H,26,28). The monoisotopic (exact) mass is 436 g/mol. The summed E-state index contributed by atoms with van der Waals surface area (Å²) >= 11 is 0. The molecule has 0 amide bonds. The second-order valence-electron chi connectivity index (χ2n) is 8.38. The molecule has 8 nitrogen and oxygen atoms in total. The molecule has 170 valence electrons. The average molecular weight is 437 g/mol. The van der Waals surface area contributed by atoms with Crippen molar-refractivity contribution in [1.29, 1.82) is 0 Å². The number of aliphatic hydroxyl groups excluding tert-OH is 1. The van der Waals surface area contributed by atoms with Crippen molar-refractivity contribution in [1.82, 2.24) is 20.2 Å². The summed E-state index contributed by atoms with van der Waals surface area (Å²) in [5.74, 6) is 1.75. The summed E-state index contributed by atoms with van der Waals surface area (Å²) in [5.41, 5.74) is 3.54. The number of ether oxygens (including phenoxy) is 1. The number of rotatable bonds is 8. The van der Waals surface area contributed by atoms with Crippen molar-refractivity contribution in [3.8, 4) is 17.0 Å². The van der Waals surface area contributed by atoms with Gasteiger partial charge in [0.15, 0.2) is 0 Å². The Morgan fingerprint density at radius 2 is 2.00 bits per heavy atom. The van der Waals surface area contributed by atoms with Crippen LogP contribution in [0.5, 0.6) is 5.75 Å². The van der Waals surface area contributed by atoms with E-state index in [-0.39, 0.29) is 0 Å². The van der Waals surface area contributed by atoms with Crippen LogP contribution < -0.4 is 20.3 Å². The number of fused-ring (bicyclic) bond motifs is 1. The van der Waals surface area contributed by atoms with Gasteiger partial charge in [-0.1, -0.05) is 0 Å². The van der Waals surface area contributed by atoms with Crippen LogP contribution in [0.15, 0.2) is 42.6 Å². The quantitative estimate of drug-likeness (QED) is 0.495. The van der Waals surface area contributed by atoms with Crippen molar-refractivity contribution in [3.63, 3.8) is 0 Å². The SMILES string of the molecule is COc1ccc2c(NCC(O)CN(C)C)cc(-c3ccc(N4CCNCC4)nc3)nc2c1. The van der Waals surface area contributed by atoms with E-state index >= 15 is 0 Å². The summed E-state index contributed by atoms with van der Waals surface area (Å²) in [6.07, 6.45) is 1.41. The first-order chi connectivity index (χ1) is 15.5. The highest BCUT2D eigenvalue weighted by Gasteiger charge is 2.14. The molecule has 3 N–H and O–H groups in total. The van der Waals surface area contributed by atoms with E-state index in [9.17, 15) is 5.11 Å². The van der Waals surface area contributed by atoms with Crippen molar-refractivity contribution in [2.75, 3.05) is 70.7 Å². The lowest BCUT2D eigenvalue weighted by molar-refractivity contribution is 0.148. The second kappa shape index (κ2) is 10.1. The second-order valence-corrected chi connectivity index (χ2v) is 8.38. The van der Waals surface area contributed by atoms with Gasteiger partial charge in [-0.3, -0.25) is 0 Å². The number of piperazine rings is 1. The van der Waals surface area contributed by atoms with Gasteiger partial charge in [0.2, 0.25) is 0 Å². The predicted octanol–water partition coefficient (Wildman–Crippen LogP) is 2.05. The summed E-state index contributed by atoms with van der Waals surface area (Å²) in [4.78, 5) is 13.8. The van der Waals surface area contributed by atoms with E-state index in [1.54, 1.807) is 7.11 Å². The third-order valence-electron chi connectivity index (χ3n) is 5.61. The molecule has 0 bridgehead atoms. The third-order valence-corrected chi connectivity index (χ3v) is 5.61. The Morgan fingerprint density at radius 1 is 1.19 bits per heavy atom. The van der Waals surface area contributed by atoms with E-state index in [0.717, 1.165) is 65.6 Å². The minimum absolute atomic E-state index is 0.447. The fraction of sp³-hybridized carbons (Fsp3) is 0.417. The maximum absolute atomic E-state index is 10.3. The lowest BCUT2D eigenvalue weighted by Gasteiger charge is -2.28. The van der Waals surface area contributed by atoms with Gasteiger partial charge in [-0.25, -0.2) is 9.97 Å². The normalized spacial score (nSPS) is 15.2.